The zero-order valence-electron chi connectivity index (χ0n) is 11.3. The zero-order valence-corrected chi connectivity index (χ0v) is 13.7. The molecule has 0 radical (unpaired) electrons. The second-order valence-electron chi connectivity index (χ2n) is 4.39. The van der Waals surface area contributed by atoms with Crippen molar-refractivity contribution in [3.8, 4) is 0 Å². The van der Waals surface area contributed by atoms with E-state index in [0.717, 1.165) is 0 Å². The van der Waals surface area contributed by atoms with Gasteiger partial charge in [0.2, 0.25) is 0 Å². The third-order valence-electron chi connectivity index (χ3n) is 3.03. The first-order valence-corrected chi connectivity index (χ1v) is 8.19. The maximum absolute atomic E-state index is 12.0. The highest BCUT2D eigenvalue weighted by atomic mass is 79.9. The summed E-state index contributed by atoms with van der Waals surface area (Å²) in [6.07, 6.45) is 1.44. The van der Waals surface area contributed by atoms with Gasteiger partial charge in [0.25, 0.3) is 0 Å². The van der Waals surface area contributed by atoms with Crippen LogP contribution in [0.2, 0.25) is 0 Å². The minimum atomic E-state index is -3.97. The van der Waals surface area contributed by atoms with Crippen molar-refractivity contribution in [2.75, 3.05) is 0 Å². The summed E-state index contributed by atoms with van der Waals surface area (Å²) >= 11 is 3.12. The molecule has 110 valence electrons. The zero-order chi connectivity index (χ0) is 15.6. The minimum Gasteiger partial charge on any atom is -0.288 e. The van der Waals surface area contributed by atoms with Crippen molar-refractivity contribution in [1.29, 1.82) is 0 Å². The molecule has 0 saturated heterocycles. The highest BCUT2D eigenvalue weighted by Gasteiger charge is 2.22. The van der Waals surface area contributed by atoms with Gasteiger partial charge >= 0.3 is 10.1 Å². The Morgan fingerprint density at radius 3 is 2.33 bits per heavy atom. The molecule has 0 unspecified atom stereocenters. The normalized spacial score (nSPS) is 18.0. The van der Waals surface area contributed by atoms with E-state index in [-0.39, 0.29) is 10.7 Å². The summed E-state index contributed by atoms with van der Waals surface area (Å²) in [6, 6.07) is 7.72. The molecule has 0 N–H and O–H groups in total. The predicted molar refractivity (Wildman–Crippen MR) is 82.5 cm³/mol. The molecule has 1 aliphatic rings. The first-order valence-electron chi connectivity index (χ1n) is 5.99. The Balaban J connectivity index is 2.32. The number of ketones is 1. The third-order valence-corrected chi connectivity index (χ3v) is 4.74. The second-order valence-corrected chi connectivity index (χ2v) is 6.77. The fraction of sp³-hybridized carbons (Fsp3) is 0.143. The standard InChI is InChI=1S/C14H12BrNO4S/c1-9-10(2)14(17)12(15)8-13(9)16-20-21(18,19)11-6-4-3-5-7-11/h3-8H,1-2H3/b16-13-. The molecule has 0 fully saturated rings. The number of oxime groups is 1. The summed E-state index contributed by atoms with van der Waals surface area (Å²) < 4.78 is 28.9. The van der Waals surface area contributed by atoms with Crippen LogP contribution in [0.25, 0.3) is 0 Å². The molecule has 0 saturated carbocycles. The molecule has 0 aromatic heterocycles. The monoisotopic (exact) mass is 369 g/mol. The van der Waals surface area contributed by atoms with Crippen molar-refractivity contribution in [2.24, 2.45) is 5.16 Å². The Kier molecular flexibility index (Phi) is 4.43. The van der Waals surface area contributed by atoms with Gasteiger partial charge in [-0.25, -0.2) is 0 Å². The Morgan fingerprint density at radius 1 is 1.10 bits per heavy atom. The van der Waals surface area contributed by atoms with Gasteiger partial charge in [-0.3, -0.25) is 9.08 Å². The van der Waals surface area contributed by atoms with Crippen molar-refractivity contribution in [3.63, 3.8) is 0 Å². The molecule has 0 amide bonds. The average molecular weight is 370 g/mol. The van der Waals surface area contributed by atoms with Crippen LogP contribution in [0, 0.1) is 0 Å². The van der Waals surface area contributed by atoms with E-state index in [4.69, 9.17) is 4.28 Å². The molecule has 5 nitrogen and oxygen atoms in total. The topological polar surface area (TPSA) is 72.8 Å². The summed E-state index contributed by atoms with van der Waals surface area (Å²) in [7, 11) is -3.97. The van der Waals surface area contributed by atoms with Crippen LogP contribution in [0.1, 0.15) is 13.8 Å². The van der Waals surface area contributed by atoms with Crippen LogP contribution in [-0.4, -0.2) is 19.9 Å². The van der Waals surface area contributed by atoms with Crippen molar-refractivity contribution in [2.45, 2.75) is 18.7 Å². The molecule has 2 rings (SSSR count). The molecule has 0 heterocycles. The number of hydrogen-bond acceptors (Lipinski definition) is 5. The lowest BCUT2D eigenvalue weighted by atomic mass is 9.97. The highest BCUT2D eigenvalue weighted by Crippen LogP contribution is 2.23. The van der Waals surface area contributed by atoms with Gasteiger partial charge in [0.1, 0.15) is 10.6 Å². The van der Waals surface area contributed by atoms with Crippen molar-refractivity contribution in [1.82, 2.24) is 0 Å². The lowest BCUT2D eigenvalue weighted by Crippen LogP contribution is -2.15. The number of nitrogens with zero attached hydrogens (tertiary/aromatic N) is 1. The Bertz CT molecular complexity index is 776. The van der Waals surface area contributed by atoms with Gasteiger partial charge in [-0.15, -0.1) is 0 Å². The van der Waals surface area contributed by atoms with E-state index in [2.05, 4.69) is 21.1 Å². The number of allylic oxidation sites excluding steroid dienone is 4. The molecule has 0 atom stereocenters. The SMILES string of the molecule is CC1=C(C)/C(=N\OS(=O)(=O)c2ccccc2)C=C(Br)C1=O. The van der Waals surface area contributed by atoms with E-state index < -0.39 is 10.1 Å². The molecule has 0 bridgehead atoms. The minimum absolute atomic E-state index is 0.0163. The van der Waals surface area contributed by atoms with Crippen molar-refractivity contribution in [3.05, 3.63) is 52.0 Å². The van der Waals surface area contributed by atoms with Crippen LogP contribution < -0.4 is 0 Å². The van der Waals surface area contributed by atoms with Crippen LogP contribution in [0.15, 0.2) is 62.1 Å². The van der Waals surface area contributed by atoms with Gasteiger partial charge in [0.05, 0.1) is 4.48 Å². The van der Waals surface area contributed by atoms with Crippen LogP contribution in [0.3, 0.4) is 0 Å². The van der Waals surface area contributed by atoms with E-state index in [1.807, 2.05) is 0 Å². The smallest absolute Gasteiger partial charge is 0.288 e. The molecular formula is C14H12BrNO4S. The number of hydrogen-bond donors (Lipinski definition) is 0. The molecular weight excluding hydrogens is 358 g/mol. The lowest BCUT2D eigenvalue weighted by molar-refractivity contribution is -0.111. The Hall–Kier alpha value is -1.73. The highest BCUT2D eigenvalue weighted by molar-refractivity contribution is 9.12. The summed E-state index contributed by atoms with van der Waals surface area (Å²) in [5.74, 6) is -0.155. The van der Waals surface area contributed by atoms with Gasteiger partial charge < -0.3 is 0 Å². The first kappa shape index (κ1) is 15.7. The number of halogens is 1. The Labute approximate surface area is 131 Å². The first-order chi connectivity index (χ1) is 9.83. The van der Waals surface area contributed by atoms with Crippen LogP contribution >= 0.6 is 15.9 Å². The summed E-state index contributed by atoms with van der Waals surface area (Å²) in [5.41, 5.74) is 1.36. The van der Waals surface area contributed by atoms with Crippen molar-refractivity contribution < 1.29 is 17.5 Å². The van der Waals surface area contributed by atoms with Crippen LogP contribution in [0.4, 0.5) is 0 Å². The van der Waals surface area contributed by atoms with E-state index in [1.165, 1.54) is 18.2 Å². The molecule has 1 aromatic rings. The van der Waals surface area contributed by atoms with Gasteiger partial charge in [-0.2, -0.15) is 8.42 Å². The van der Waals surface area contributed by atoms with Gasteiger partial charge in [0.15, 0.2) is 5.78 Å². The Morgan fingerprint density at radius 2 is 1.71 bits per heavy atom. The summed E-state index contributed by atoms with van der Waals surface area (Å²) in [5, 5.41) is 3.66. The van der Waals surface area contributed by atoms with Crippen LogP contribution in [-0.2, 0) is 19.2 Å². The number of benzene rings is 1. The maximum atomic E-state index is 12.0. The quantitative estimate of drug-likeness (QED) is 0.606. The maximum Gasteiger partial charge on any atom is 0.358 e. The fourth-order valence-corrected chi connectivity index (χ4v) is 2.92. The largest absolute Gasteiger partial charge is 0.358 e. The van der Waals surface area contributed by atoms with Gasteiger partial charge in [0, 0.05) is 5.57 Å². The van der Waals surface area contributed by atoms with E-state index in [0.29, 0.717) is 21.3 Å². The number of rotatable bonds is 3. The van der Waals surface area contributed by atoms with Gasteiger partial charge in [-0.05, 0) is 53.6 Å². The average Bonchev–Trinajstić information content (AvgIpc) is 2.48. The molecule has 7 heteroatoms. The second kappa shape index (κ2) is 5.95. The molecule has 21 heavy (non-hydrogen) atoms. The molecule has 0 spiro atoms. The molecule has 0 aliphatic heterocycles. The predicted octanol–water partition coefficient (Wildman–Crippen LogP) is 2.95. The summed E-state index contributed by atoms with van der Waals surface area (Å²) in [4.78, 5) is 11.7. The van der Waals surface area contributed by atoms with Gasteiger partial charge in [-0.1, -0.05) is 23.4 Å². The van der Waals surface area contributed by atoms with E-state index in [9.17, 15) is 13.2 Å². The fourth-order valence-electron chi connectivity index (χ4n) is 1.65. The van der Waals surface area contributed by atoms with E-state index >= 15 is 0 Å². The summed E-state index contributed by atoms with van der Waals surface area (Å²) in [6.45, 7) is 3.33. The lowest BCUT2D eigenvalue weighted by Gasteiger charge is -2.12. The van der Waals surface area contributed by atoms with Crippen molar-refractivity contribution >= 4 is 37.5 Å². The van der Waals surface area contributed by atoms with E-state index in [1.54, 1.807) is 32.0 Å². The van der Waals surface area contributed by atoms with Crippen LogP contribution in [0.5, 0.6) is 0 Å². The number of Topliss-reactive ketones (excluding diaryl/α,β-unsaturated/α-hetero) is 1. The molecule has 1 aliphatic carbocycles. The third kappa shape index (κ3) is 3.30. The number of carbonyl (C=O) groups is 1. The molecule has 1 aromatic carbocycles. The number of carbonyl (C=O) groups excluding carboxylic acids is 1.